The Hall–Kier alpha value is -1.30. The number of likely N-dealkylation sites (tertiary alicyclic amines) is 1. The summed E-state index contributed by atoms with van der Waals surface area (Å²) >= 11 is 6.24. The minimum Gasteiger partial charge on any atom is -0.379 e. The van der Waals surface area contributed by atoms with Crippen molar-refractivity contribution in [3.8, 4) is 0 Å². The van der Waals surface area contributed by atoms with E-state index >= 15 is 0 Å². The van der Waals surface area contributed by atoms with Gasteiger partial charge in [-0.1, -0.05) is 23.7 Å². The van der Waals surface area contributed by atoms with Crippen molar-refractivity contribution in [2.24, 2.45) is 10.9 Å². The van der Waals surface area contributed by atoms with Crippen LogP contribution < -0.4 is 10.6 Å². The lowest BCUT2D eigenvalue weighted by Crippen LogP contribution is -2.45. The lowest BCUT2D eigenvalue weighted by atomic mass is 9.85. The SMILES string of the molecule is CN=C(NCCCOC(C)C)NCC1CCCN(C)C1c1cccc(Cl)c1. The average molecular weight is 395 g/mol. The van der Waals surface area contributed by atoms with Crippen LogP contribution in [0.5, 0.6) is 0 Å². The number of hydrogen-bond donors (Lipinski definition) is 2. The molecule has 0 amide bonds. The third-order valence-electron chi connectivity index (χ3n) is 5.02. The van der Waals surface area contributed by atoms with E-state index in [4.69, 9.17) is 16.3 Å². The molecule has 0 saturated carbocycles. The molecule has 2 N–H and O–H groups in total. The molecule has 0 spiro atoms. The molecule has 1 aliphatic rings. The van der Waals surface area contributed by atoms with Crippen LogP contribution in [0.1, 0.15) is 44.7 Å². The smallest absolute Gasteiger partial charge is 0.190 e. The van der Waals surface area contributed by atoms with Crippen LogP contribution in [-0.4, -0.2) is 57.3 Å². The molecule has 1 heterocycles. The summed E-state index contributed by atoms with van der Waals surface area (Å²) in [6.07, 6.45) is 3.68. The minimum atomic E-state index is 0.286. The Labute approximate surface area is 169 Å². The quantitative estimate of drug-likeness (QED) is 0.401. The Morgan fingerprint density at radius 2 is 2.19 bits per heavy atom. The fourth-order valence-electron chi connectivity index (χ4n) is 3.74. The molecule has 2 rings (SSSR count). The van der Waals surface area contributed by atoms with Crippen molar-refractivity contribution in [2.75, 3.05) is 40.3 Å². The molecule has 5 nitrogen and oxygen atoms in total. The number of aliphatic imine (C=N–C) groups is 1. The summed E-state index contributed by atoms with van der Waals surface area (Å²) < 4.78 is 5.58. The van der Waals surface area contributed by atoms with Crippen molar-refractivity contribution in [3.63, 3.8) is 0 Å². The van der Waals surface area contributed by atoms with Crippen LogP contribution in [-0.2, 0) is 4.74 Å². The molecule has 0 radical (unpaired) electrons. The number of hydrogen-bond acceptors (Lipinski definition) is 3. The zero-order chi connectivity index (χ0) is 19.6. The molecule has 0 aromatic heterocycles. The molecule has 1 saturated heterocycles. The Balaban J connectivity index is 1.87. The summed E-state index contributed by atoms with van der Waals surface area (Å²) in [6, 6.07) is 8.65. The lowest BCUT2D eigenvalue weighted by Gasteiger charge is -2.40. The molecule has 6 heteroatoms. The van der Waals surface area contributed by atoms with Crippen LogP contribution in [0.3, 0.4) is 0 Å². The molecule has 0 bridgehead atoms. The highest BCUT2D eigenvalue weighted by atomic mass is 35.5. The number of piperidine rings is 1. The van der Waals surface area contributed by atoms with Gasteiger partial charge in [0.15, 0.2) is 5.96 Å². The summed E-state index contributed by atoms with van der Waals surface area (Å²) in [6.45, 7) is 7.76. The minimum absolute atomic E-state index is 0.286. The molecule has 2 unspecified atom stereocenters. The van der Waals surface area contributed by atoms with E-state index in [1.165, 1.54) is 18.4 Å². The second-order valence-electron chi connectivity index (χ2n) is 7.54. The van der Waals surface area contributed by atoms with E-state index in [1.54, 1.807) is 0 Å². The highest BCUT2D eigenvalue weighted by Crippen LogP contribution is 2.35. The van der Waals surface area contributed by atoms with Crippen molar-refractivity contribution in [1.29, 1.82) is 0 Å². The fourth-order valence-corrected chi connectivity index (χ4v) is 3.94. The van der Waals surface area contributed by atoms with Crippen LogP contribution in [0.25, 0.3) is 0 Å². The Morgan fingerprint density at radius 3 is 2.89 bits per heavy atom. The van der Waals surface area contributed by atoms with Crippen molar-refractivity contribution in [2.45, 2.75) is 45.3 Å². The molecular formula is C21H35ClN4O. The summed E-state index contributed by atoms with van der Waals surface area (Å²) in [5.74, 6) is 1.38. The first-order valence-electron chi connectivity index (χ1n) is 10.0. The molecule has 1 fully saturated rings. The van der Waals surface area contributed by atoms with Gasteiger partial charge in [-0.2, -0.15) is 0 Å². The number of guanidine groups is 1. The lowest BCUT2D eigenvalue weighted by molar-refractivity contribution is 0.0776. The summed E-state index contributed by atoms with van der Waals surface area (Å²) in [7, 11) is 4.03. The maximum Gasteiger partial charge on any atom is 0.190 e. The molecule has 1 aromatic carbocycles. The number of rotatable bonds is 8. The van der Waals surface area contributed by atoms with Crippen LogP contribution in [0, 0.1) is 5.92 Å². The molecule has 0 aliphatic carbocycles. The number of benzene rings is 1. The Kier molecular flexibility index (Phi) is 9.39. The van der Waals surface area contributed by atoms with Gasteiger partial charge < -0.3 is 15.4 Å². The van der Waals surface area contributed by atoms with Gasteiger partial charge in [0.2, 0.25) is 0 Å². The molecule has 2 atom stereocenters. The highest BCUT2D eigenvalue weighted by molar-refractivity contribution is 6.30. The summed E-state index contributed by atoms with van der Waals surface area (Å²) in [5.41, 5.74) is 1.30. The largest absolute Gasteiger partial charge is 0.379 e. The summed E-state index contributed by atoms with van der Waals surface area (Å²) in [5, 5.41) is 7.70. The Morgan fingerprint density at radius 1 is 1.37 bits per heavy atom. The van der Waals surface area contributed by atoms with Crippen LogP contribution in [0.4, 0.5) is 0 Å². The third-order valence-corrected chi connectivity index (χ3v) is 5.25. The first-order chi connectivity index (χ1) is 13.0. The predicted octanol–water partition coefficient (Wildman–Crippen LogP) is 3.70. The second kappa shape index (κ2) is 11.5. The number of ether oxygens (including phenoxy) is 1. The van der Waals surface area contributed by atoms with Crippen molar-refractivity contribution >= 4 is 17.6 Å². The fraction of sp³-hybridized carbons (Fsp3) is 0.667. The van der Waals surface area contributed by atoms with E-state index in [2.05, 4.69) is 53.6 Å². The second-order valence-corrected chi connectivity index (χ2v) is 7.97. The topological polar surface area (TPSA) is 48.9 Å². The van der Waals surface area contributed by atoms with Gasteiger partial charge in [-0.25, -0.2) is 0 Å². The van der Waals surface area contributed by atoms with Crippen molar-refractivity contribution < 1.29 is 4.74 Å². The van der Waals surface area contributed by atoms with Crippen LogP contribution >= 0.6 is 11.6 Å². The third kappa shape index (κ3) is 7.32. The monoisotopic (exact) mass is 394 g/mol. The number of nitrogens with one attached hydrogen (secondary N) is 2. The zero-order valence-electron chi connectivity index (χ0n) is 17.2. The first kappa shape index (κ1) is 22.0. The molecule has 1 aromatic rings. The molecular weight excluding hydrogens is 360 g/mol. The van der Waals surface area contributed by atoms with Gasteiger partial charge in [-0.05, 0) is 70.3 Å². The maximum absolute atomic E-state index is 6.24. The van der Waals surface area contributed by atoms with Gasteiger partial charge in [0.25, 0.3) is 0 Å². The zero-order valence-corrected chi connectivity index (χ0v) is 17.9. The van der Waals surface area contributed by atoms with Gasteiger partial charge in [0.05, 0.1) is 6.10 Å². The van der Waals surface area contributed by atoms with Crippen molar-refractivity contribution in [3.05, 3.63) is 34.9 Å². The normalized spacial score (nSPS) is 21.5. The van der Waals surface area contributed by atoms with Gasteiger partial charge in [0, 0.05) is 37.8 Å². The van der Waals surface area contributed by atoms with Crippen molar-refractivity contribution in [1.82, 2.24) is 15.5 Å². The van der Waals surface area contributed by atoms with E-state index in [0.29, 0.717) is 12.0 Å². The highest BCUT2D eigenvalue weighted by Gasteiger charge is 2.30. The maximum atomic E-state index is 6.24. The Bertz CT molecular complexity index is 593. The first-order valence-corrected chi connectivity index (χ1v) is 10.4. The van der Waals surface area contributed by atoms with Gasteiger partial charge >= 0.3 is 0 Å². The van der Waals surface area contributed by atoms with Gasteiger partial charge in [-0.15, -0.1) is 0 Å². The van der Waals surface area contributed by atoms with E-state index in [0.717, 1.165) is 43.6 Å². The predicted molar refractivity (Wildman–Crippen MR) is 115 cm³/mol. The van der Waals surface area contributed by atoms with E-state index < -0.39 is 0 Å². The molecule has 27 heavy (non-hydrogen) atoms. The molecule has 1 aliphatic heterocycles. The van der Waals surface area contributed by atoms with Crippen LogP contribution in [0.15, 0.2) is 29.3 Å². The molecule has 152 valence electrons. The number of halogens is 1. The van der Waals surface area contributed by atoms with Crippen LogP contribution in [0.2, 0.25) is 5.02 Å². The van der Waals surface area contributed by atoms with Gasteiger partial charge in [0.1, 0.15) is 0 Å². The number of nitrogens with zero attached hydrogens (tertiary/aromatic N) is 2. The van der Waals surface area contributed by atoms with E-state index in [1.807, 2.05) is 19.2 Å². The standard InChI is InChI=1S/C21H35ClN4O/c1-16(2)27-13-7-11-24-21(23-3)25-15-18-9-6-12-26(4)20(18)17-8-5-10-19(22)14-17/h5,8,10,14,16,18,20H,6-7,9,11-13,15H2,1-4H3,(H2,23,24,25). The van der Waals surface area contributed by atoms with E-state index in [9.17, 15) is 0 Å². The average Bonchev–Trinajstić information content (AvgIpc) is 2.63. The van der Waals surface area contributed by atoms with E-state index in [-0.39, 0.29) is 6.10 Å². The van der Waals surface area contributed by atoms with Gasteiger partial charge in [-0.3, -0.25) is 9.89 Å². The summed E-state index contributed by atoms with van der Waals surface area (Å²) in [4.78, 5) is 6.80.